The van der Waals surface area contributed by atoms with Gasteiger partial charge in [0.1, 0.15) is 0 Å². The predicted octanol–water partition coefficient (Wildman–Crippen LogP) is 4.20. The number of fused-ring (bicyclic) bond motifs is 1. The number of rotatable bonds is 2. The van der Waals surface area contributed by atoms with Crippen molar-refractivity contribution >= 4 is 22.4 Å². The first kappa shape index (κ1) is 16.4. The van der Waals surface area contributed by atoms with Crippen molar-refractivity contribution in [2.45, 2.75) is 38.9 Å². The second-order valence-corrected chi connectivity index (χ2v) is 7.85. The third-order valence-electron chi connectivity index (χ3n) is 5.16. The van der Waals surface area contributed by atoms with Crippen LogP contribution in [0.4, 0.5) is 0 Å². The van der Waals surface area contributed by atoms with Crippen LogP contribution in [0.2, 0.25) is 0 Å². The lowest BCUT2D eigenvalue weighted by Crippen LogP contribution is -2.48. The lowest BCUT2D eigenvalue weighted by Gasteiger charge is -2.44. The van der Waals surface area contributed by atoms with Crippen LogP contribution in [-0.2, 0) is 9.47 Å². The van der Waals surface area contributed by atoms with Gasteiger partial charge in [0.05, 0.1) is 18.8 Å². The summed E-state index contributed by atoms with van der Waals surface area (Å²) in [7, 11) is 0. The van der Waals surface area contributed by atoms with Crippen LogP contribution in [0.15, 0.2) is 30.5 Å². The molecule has 0 radical (unpaired) electrons. The van der Waals surface area contributed by atoms with Crippen molar-refractivity contribution in [2.75, 3.05) is 13.2 Å². The molecule has 0 amide bonds. The maximum Gasteiger partial charge on any atom is 0.335 e. The first-order valence-electron chi connectivity index (χ1n) is 8.69. The zero-order valence-corrected chi connectivity index (χ0v) is 14.6. The third kappa shape index (κ3) is 2.98. The molecule has 4 rings (SSSR count). The number of carboxylic acids is 1. The summed E-state index contributed by atoms with van der Waals surface area (Å²) in [6.07, 6.45) is 6.64. The fourth-order valence-corrected chi connectivity index (χ4v) is 3.58. The molecule has 2 heterocycles. The summed E-state index contributed by atoms with van der Waals surface area (Å²) in [5.74, 6) is -1.38. The number of H-pyrrole nitrogens is 1. The van der Waals surface area contributed by atoms with Gasteiger partial charge in [-0.3, -0.25) is 0 Å². The normalized spacial score (nSPS) is 22.1. The number of allylic oxidation sites excluding steroid dienone is 1. The highest BCUT2D eigenvalue weighted by molar-refractivity contribution is 5.98. The monoisotopic (exact) mass is 341 g/mol. The molecule has 132 valence electrons. The van der Waals surface area contributed by atoms with Crippen LogP contribution < -0.4 is 0 Å². The van der Waals surface area contributed by atoms with Crippen molar-refractivity contribution in [1.82, 2.24) is 4.98 Å². The Morgan fingerprint density at radius 3 is 2.64 bits per heavy atom. The average molecular weight is 341 g/mol. The Hall–Kier alpha value is -2.11. The zero-order valence-electron chi connectivity index (χ0n) is 14.6. The molecule has 1 aliphatic heterocycles. The quantitative estimate of drug-likeness (QED) is 0.858. The molecule has 1 aromatic heterocycles. The molecule has 0 atom stereocenters. The molecule has 1 aliphatic carbocycles. The van der Waals surface area contributed by atoms with Gasteiger partial charge in [-0.1, -0.05) is 26.0 Å². The van der Waals surface area contributed by atoms with E-state index in [-0.39, 0.29) is 5.41 Å². The number of carboxylic acid groups (broad SMARTS) is 1. The van der Waals surface area contributed by atoms with Crippen LogP contribution in [0.25, 0.3) is 16.5 Å². The largest absolute Gasteiger partial charge is 0.478 e. The third-order valence-corrected chi connectivity index (χ3v) is 5.16. The van der Waals surface area contributed by atoms with E-state index in [1.54, 1.807) is 12.1 Å². The molecule has 0 unspecified atom stereocenters. The number of aromatic nitrogens is 1. The van der Waals surface area contributed by atoms with Gasteiger partial charge in [0.15, 0.2) is 5.79 Å². The molecule has 2 N–H and O–H groups in total. The molecule has 2 aliphatic rings. The van der Waals surface area contributed by atoms with Crippen LogP contribution >= 0.6 is 0 Å². The first-order chi connectivity index (χ1) is 11.9. The predicted molar refractivity (Wildman–Crippen MR) is 95.5 cm³/mol. The topological polar surface area (TPSA) is 71.6 Å². The van der Waals surface area contributed by atoms with Gasteiger partial charge in [0.2, 0.25) is 0 Å². The van der Waals surface area contributed by atoms with E-state index in [1.807, 2.05) is 12.3 Å². The molecule has 25 heavy (non-hydrogen) atoms. The van der Waals surface area contributed by atoms with Crippen LogP contribution in [0.1, 0.15) is 49.0 Å². The standard InChI is InChI=1S/C20H23NO4/c1-19(2)11-24-20(25-12-19)7-5-13(6-8-20)16-10-21-17-9-14(18(22)23)3-4-15(16)17/h3-5,9-10,21H,6-8,11-12H2,1-2H3,(H,22,23). The number of aromatic amines is 1. The Labute approximate surface area is 146 Å². The Kier molecular flexibility index (Phi) is 3.74. The number of ether oxygens (including phenoxy) is 2. The van der Waals surface area contributed by atoms with E-state index in [9.17, 15) is 4.79 Å². The Morgan fingerprint density at radius 1 is 1.24 bits per heavy atom. The molecule has 1 aromatic carbocycles. The van der Waals surface area contributed by atoms with E-state index in [0.29, 0.717) is 5.56 Å². The van der Waals surface area contributed by atoms with Crippen LogP contribution in [-0.4, -0.2) is 35.1 Å². The fraction of sp³-hybridized carbons (Fsp3) is 0.450. The molecule has 1 saturated heterocycles. The highest BCUT2D eigenvalue weighted by Gasteiger charge is 2.41. The highest BCUT2D eigenvalue weighted by Crippen LogP contribution is 2.42. The van der Waals surface area contributed by atoms with Gasteiger partial charge in [0.25, 0.3) is 0 Å². The summed E-state index contributed by atoms with van der Waals surface area (Å²) in [6, 6.07) is 5.22. The van der Waals surface area contributed by atoms with E-state index >= 15 is 0 Å². The second kappa shape index (κ2) is 5.71. The van der Waals surface area contributed by atoms with Crippen molar-refractivity contribution in [3.8, 4) is 0 Å². The molecule has 1 fully saturated rings. The van der Waals surface area contributed by atoms with Crippen molar-refractivity contribution < 1.29 is 19.4 Å². The Balaban J connectivity index is 1.58. The number of aromatic carboxylic acids is 1. The fourth-order valence-electron chi connectivity index (χ4n) is 3.58. The van der Waals surface area contributed by atoms with Crippen molar-refractivity contribution in [3.05, 3.63) is 41.6 Å². The lowest BCUT2D eigenvalue weighted by atomic mass is 9.87. The highest BCUT2D eigenvalue weighted by atomic mass is 16.7. The van der Waals surface area contributed by atoms with E-state index in [0.717, 1.165) is 48.9 Å². The van der Waals surface area contributed by atoms with Crippen LogP contribution in [0, 0.1) is 5.41 Å². The van der Waals surface area contributed by atoms with Gasteiger partial charge in [-0.2, -0.15) is 0 Å². The molecular formula is C20H23NO4. The van der Waals surface area contributed by atoms with Gasteiger partial charge in [-0.15, -0.1) is 0 Å². The van der Waals surface area contributed by atoms with Crippen molar-refractivity contribution in [3.63, 3.8) is 0 Å². The maximum absolute atomic E-state index is 11.1. The molecule has 0 bridgehead atoms. The van der Waals surface area contributed by atoms with Gasteiger partial charge in [0, 0.05) is 40.9 Å². The summed E-state index contributed by atoms with van der Waals surface area (Å²) in [4.78, 5) is 14.3. The van der Waals surface area contributed by atoms with E-state index in [1.165, 1.54) is 5.57 Å². The SMILES string of the molecule is CC1(C)COC2(CC=C(c3c[nH]c4cc(C(=O)O)ccc34)CC2)OC1. The van der Waals surface area contributed by atoms with Crippen molar-refractivity contribution in [2.24, 2.45) is 5.41 Å². The minimum absolute atomic E-state index is 0.0773. The van der Waals surface area contributed by atoms with Crippen LogP contribution in [0.3, 0.4) is 0 Å². The van der Waals surface area contributed by atoms with E-state index < -0.39 is 11.8 Å². The van der Waals surface area contributed by atoms with Crippen molar-refractivity contribution in [1.29, 1.82) is 0 Å². The second-order valence-electron chi connectivity index (χ2n) is 7.85. The smallest absolute Gasteiger partial charge is 0.335 e. The molecule has 2 aromatic rings. The summed E-state index contributed by atoms with van der Waals surface area (Å²) >= 11 is 0. The molecule has 5 nitrogen and oxygen atoms in total. The summed E-state index contributed by atoms with van der Waals surface area (Å²) in [6.45, 7) is 5.75. The minimum atomic E-state index is -0.911. The first-order valence-corrected chi connectivity index (χ1v) is 8.69. The van der Waals surface area contributed by atoms with Gasteiger partial charge in [-0.05, 0) is 24.1 Å². The molecule has 0 saturated carbocycles. The number of nitrogens with one attached hydrogen (secondary N) is 1. The number of hydrogen-bond donors (Lipinski definition) is 2. The molecule has 1 spiro atoms. The van der Waals surface area contributed by atoms with Gasteiger partial charge < -0.3 is 19.6 Å². The lowest BCUT2D eigenvalue weighted by molar-refractivity contribution is -0.300. The number of benzene rings is 1. The van der Waals surface area contributed by atoms with Gasteiger partial charge in [-0.25, -0.2) is 4.79 Å². The van der Waals surface area contributed by atoms with E-state index in [2.05, 4.69) is 24.9 Å². The zero-order chi connectivity index (χ0) is 17.7. The van der Waals surface area contributed by atoms with E-state index in [4.69, 9.17) is 14.6 Å². The number of carbonyl (C=O) groups is 1. The number of hydrogen-bond acceptors (Lipinski definition) is 3. The summed E-state index contributed by atoms with van der Waals surface area (Å²) in [5, 5.41) is 10.2. The molecule has 5 heteroatoms. The Morgan fingerprint density at radius 2 is 2.00 bits per heavy atom. The summed E-state index contributed by atoms with van der Waals surface area (Å²) < 4.78 is 12.2. The molecular weight excluding hydrogens is 318 g/mol. The minimum Gasteiger partial charge on any atom is -0.478 e. The average Bonchev–Trinajstić information content (AvgIpc) is 3.02. The Bertz CT molecular complexity index is 852. The maximum atomic E-state index is 11.1. The van der Waals surface area contributed by atoms with Crippen LogP contribution in [0.5, 0.6) is 0 Å². The van der Waals surface area contributed by atoms with Gasteiger partial charge >= 0.3 is 5.97 Å². The summed E-state index contributed by atoms with van der Waals surface area (Å²) in [5.41, 5.74) is 3.62.